The molecule has 0 aromatic heterocycles. The SMILES string of the molecule is CN1CCCCCN(C(=O)c2ccccc2Cl)[C@H](Cc2ccccc2)COc2ccccc2C1=O. The molecule has 35 heavy (non-hydrogen) atoms. The normalized spacial score (nSPS) is 17.4. The number of carbonyl (C=O) groups is 2. The minimum atomic E-state index is -0.234. The van der Waals surface area contributed by atoms with Crippen molar-refractivity contribution in [2.24, 2.45) is 0 Å². The topological polar surface area (TPSA) is 49.9 Å². The predicted octanol–water partition coefficient (Wildman–Crippen LogP) is 5.73. The number of nitrogens with zero attached hydrogens (tertiary/aromatic N) is 2. The van der Waals surface area contributed by atoms with Gasteiger partial charge in [-0.05, 0) is 55.5 Å². The highest BCUT2D eigenvalue weighted by Crippen LogP contribution is 2.24. The van der Waals surface area contributed by atoms with Crippen molar-refractivity contribution in [1.82, 2.24) is 9.80 Å². The molecule has 4 rings (SSSR count). The van der Waals surface area contributed by atoms with Crippen LogP contribution in [-0.4, -0.2) is 54.4 Å². The van der Waals surface area contributed by atoms with Crippen molar-refractivity contribution in [2.45, 2.75) is 31.7 Å². The van der Waals surface area contributed by atoms with E-state index in [-0.39, 0.29) is 24.5 Å². The van der Waals surface area contributed by atoms with Gasteiger partial charge in [0, 0.05) is 20.1 Å². The molecule has 0 bridgehead atoms. The number of hydrogen-bond donors (Lipinski definition) is 0. The Morgan fingerprint density at radius 1 is 0.914 bits per heavy atom. The van der Waals surface area contributed by atoms with E-state index in [9.17, 15) is 9.59 Å². The van der Waals surface area contributed by atoms with Crippen molar-refractivity contribution in [3.05, 3.63) is 101 Å². The summed E-state index contributed by atoms with van der Waals surface area (Å²) in [6.45, 7) is 1.50. The molecule has 3 aromatic carbocycles. The number of para-hydroxylation sites is 1. The van der Waals surface area contributed by atoms with Gasteiger partial charge in [-0.1, -0.05) is 66.2 Å². The van der Waals surface area contributed by atoms with Crippen LogP contribution in [0.2, 0.25) is 5.02 Å². The summed E-state index contributed by atoms with van der Waals surface area (Å²) in [4.78, 5) is 30.5. The summed E-state index contributed by atoms with van der Waals surface area (Å²) >= 11 is 6.42. The molecule has 0 saturated carbocycles. The highest BCUT2D eigenvalue weighted by atomic mass is 35.5. The second-order valence-corrected chi connectivity index (χ2v) is 9.32. The van der Waals surface area contributed by atoms with E-state index in [2.05, 4.69) is 12.1 Å². The van der Waals surface area contributed by atoms with Gasteiger partial charge in [-0.25, -0.2) is 0 Å². The molecular weight excluding hydrogens is 460 g/mol. The van der Waals surface area contributed by atoms with Crippen LogP contribution in [0.15, 0.2) is 78.9 Å². The van der Waals surface area contributed by atoms with Gasteiger partial charge in [0.05, 0.1) is 22.2 Å². The number of amides is 2. The monoisotopic (exact) mass is 490 g/mol. The smallest absolute Gasteiger partial charge is 0.257 e. The van der Waals surface area contributed by atoms with Gasteiger partial charge in [0.1, 0.15) is 12.4 Å². The molecule has 1 atom stereocenters. The van der Waals surface area contributed by atoms with Gasteiger partial charge in [-0.2, -0.15) is 0 Å². The van der Waals surface area contributed by atoms with Crippen LogP contribution in [0.25, 0.3) is 0 Å². The van der Waals surface area contributed by atoms with E-state index in [0.29, 0.717) is 41.4 Å². The van der Waals surface area contributed by atoms with Crippen molar-refractivity contribution in [3.8, 4) is 5.75 Å². The van der Waals surface area contributed by atoms with Gasteiger partial charge < -0.3 is 14.5 Å². The van der Waals surface area contributed by atoms with Crippen molar-refractivity contribution in [3.63, 3.8) is 0 Å². The maximum absolute atomic E-state index is 13.8. The minimum Gasteiger partial charge on any atom is -0.491 e. The zero-order valence-electron chi connectivity index (χ0n) is 20.0. The van der Waals surface area contributed by atoms with Crippen molar-refractivity contribution < 1.29 is 14.3 Å². The van der Waals surface area contributed by atoms with Crippen LogP contribution >= 0.6 is 11.6 Å². The molecule has 3 aromatic rings. The first-order chi connectivity index (χ1) is 17.0. The van der Waals surface area contributed by atoms with E-state index in [1.54, 1.807) is 23.1 Å². The molecule has 0 saturated heterocycles. The third-order valence-corrected chi connectivity index (χ3v) is 6.74. The first-order valence-electron chi connectivity index (χ1n) is 12.1. The number of benzene rings is 3. The number of fused-ring (bicyclic) bond motifs is 1. The molecule has 2 amide bonds. The Labute approximate surface area is 212 Å². The fraction of sp³-hybridized carbons (Fsp3) is 0.310. The number of ether oxygens (including phenoxy) is 1. The molecule has 0 fully saturated rings. The Morgan fingerprint density at radius 2 is 1.60 bits per heavy atom. The lowest BCUT2D eigenvalue weighted by molar-refractivity contribution is 0.0605. The predicted molar refractivity (Wildman–Crippen MR) is 139 cm³/mol. The molecule has 0 aliphatic carbocycles. The number of rotatable bonds is 3. The lowest BCUT2D eigenvalue weighted by atomic mass is 10.0. The van der Waals surface area contributed by atoms with Crippen LogP contribution in [0.3, 0.4) is 0 Å². The molecule has 5 nitrogen and oxygen atoms in total. The third-order valence-electron chi connectivity index (χ3n) is 6.41. The van der Waals surface area contributed by atoms with E-state index < -0.39 is 0 Å². The molecule has 182 valence electrons. The van der Waals surface area contributed by atoms with E-state index in [1.165, 1.54) is 0 Å². The number of hydrogen-bond acceptors (Lipinski definition) is 3. The largest absolute Gasteiger partial charge is 0.491 e. The fourth-order valence-electron chi connectivity index (χ4n) is 4.45. The van der Waals surface area contributed by atoms with Crippen LogP contribution in [0.5, 0.6) is 5.75 Å². The quantitative estimate of drug-likeness (QED) is 0.471. The molecule has 0 spiro atoms. The molecular formula is C29H31ClN2O3. The van der Waals surface area contributed by atoms with Crippen molar-refractivity contribution >= 4 is 23.4 Å². The minimum absolute atomic E-state index is 0.0524. The summed E-state index contributed by atoms with van der Waals surface area (Å²) in [6.07, 6.45) is 3.23. The summed E-state index contributed by atoms with van der Waals surface area (Å²) < 4.78 is 6.28. The summed E-state index contributed by atoms with van der Waals surface area (Å²) in [5.41, 5.74) is 2.15. The Morgan fingerprint density at radius 3 is 2.40 bits per heavy atom. The first kappa shape index (κ1) is 24.8. The summed E-state index contributed by atoms with van der Waals surface area (Å²) in [6, 6.07) is 24.4. The molecule has 1 aliphatic heterocycles. The van der Waals surface area contributed by atoms with Gasteiger partial charge >= 0.3 is 0 Å². The van der Waals surface area contributed by atoms with Crippen LogP contribution in [0.1, 0.15) is 45.5 Å². The zero-order chi connectivity index (χ0) is 24.6. The highest BCUT2D eigenvalue weighted by Gasteiger charge is 2.28. The molecule has 0 N–H and O–H groups in total. The fourth-order valence-corrected chi connectivity index (χ4v) is 4.67. The summed E-state index contributed by atoms with van der Waals surface area (Å²) in [5, 5.41) is 0.442. The first-order valence-corrected chi connectivity index (χ1v) is 12.5. The summed E-state index contributed by atoms with van der Waals surface area (Å²) in [7, 11) is 1.82. The van der Waals surface area contributed by atoms with E-state index >= 15 is 0 Å². The van der Waals surface area contributed by atoms with Gasteiger partial charge in [0.2, 0.25) is 0 Å². The molecule has 1 heterocycles. The Hall–Kier alpha value is -3.31. The summed E-state index contributed by atoms with van der Waals surface area (Å²) in [5.74, 6) is 0.381. The van der Waals surface area contributed by atoms with Crippen LogP contribution in [0.4, 0.5) is 0 Å². The second kappa shape index (κ2) is 11.9. The molecule has 6 heteroatoms. The van der Waals surface area contributed by atoms with Gasteiger partial charge in [0.25, 0.3) is 11.8 Å². The lowest BCUT2D eigenvalue weighted by Gasteiger charge is -2.32. The van der Waals surface area contributed by atoms with Crippen molar-refractivity contribution in [1.29, 1.82) is 0 Å². The standard InChI is InChI=1S/C29H31ClN2O3/c1-31-18-10-3-11-19-32(29(34)24-14-6-8-16-26(24)30)23(20-22-12-4-2-5-13-22)21-35-27-17-9-7-15-25(27)28(31)33/h2,4-9,12-17,23H,3,10-11,18-21H2,1H3/t23-/m1/s1. The van der Waals surface area contributed by atoms with Crippen LogP contribution in [0, 0.1) is 0 Å². The molecule has 0 unspecified atom stereocenters. The van der Waals surface area contributed by atoms with Crippen molar-refractivity contribution in [2.75, 3.05) is 26.7 Å². The Kier molecular flexibility index (Phi) is 8.43. The van der Waals surface area contributed by atoms with E-state index in [1.807, 2.05) is 60.5 Å². The van der Waals surface area contributed by atoms with E-state index in [0.717, 1.165) is 24.8 Å². The highest BCUT2D eigenvalue weighted by molar-refractivity contribution is 6.33. The third kappa shape index (κ3) is 6.23. The lowest BCUT2D eigenvalue weighted by Crippen LogP contribution is -2.45. The average Bonchev–Trinajstić information content (AvgIpc) is 2.89. The number of carbonyl (C=O) groups excluding carboxylic acids is 2. The van der Waals surface area contributed by atoms with Gasteiger partial charge in [0.15, 0.2) is 0 Å². The van der Waals surface area contributed by atoms with Gasteiger partial charge in [-0.3, -0.25) is 9.59 Å². The zero-order valence-corrected chi connectivity index (χ0v) is 20.8. The van der Waals surface area contributed by atoms with Gasteiger partial charge in [-0.15, -0.1) is 0 Å². The molecule has 1 aliphatic rings. The maximum atomic E-state index is 13.8. The van der Waals surface area contributed by atoms with Crippen LogP contribution in [-0.2, 0) is 6.42 Å². The molecule has 0 radical (unpaired) electrons. The maximum Gasteiger partial charge on any atom is 0.257 e. The average molecular weight is 491 g/mol. The Bertz CT molecular complexity index is 1150. The Balaban J connectivity index is 1.70. The van der Waals surface area contributed by atoms with E-state index in [4.69, 9.17) is 16.3 Å². The second-order valence-electron chi connectivity index (χ2n) is 8.92. The number of halogens is 1. The van der Waals surface area contributed by atoms with Crippen LogP contribution < -0.4 is 4.74 Å².